The molecule has 0 aromatic carbocycles. The van der Waals surface area contributed by atoms with E-state index in [0.29, 0.717) is 10.8 Å². The molecule has 120 valence electrons. The summed E-state index contributed by atoms with van der Waals surface area (Å²) in [6, 6.07) is 3.41. The Balaban J connectivity index is 1.56. The fraction of sp³-hybridized carbons (Fsp3) is 0.733. The highest BCUT2D eigenvalue weighted by atomic mass is 32.2. The summed E-state index contributed by atoms with van der Waals surface area (Å²) in [6.07, 6.45) is 8.59. The Hall–Kier alpha value is -0.430. The molecule has 0 atom stereocenters. The number of likely N-dealkylation sites (tertiary alicyclic amines) is 1. The van der Waals surface area contributed by atoms with Gasteiger partial charge in [0.05, 0.1) is 0 Å². The summed E-state index contributed by atoms with van der Waals surface area (Å²) in [4.78, 5) is 2.56. The summed E-state index contributed by atoms with van der Waals surface area (Å²) in [5.41, 5.74) is 0. The van der Waals surface area contributed by atoms with Gasteiger partial charge in [0, 0.05) is 6.54 Å². The van der Waals surface area contributed by atoms with E-state index in [1.54, 1.807) is 17.5 Å². The van der Waals surface area contributed by atoms with Gasteiger partial charge in [-0.3, -0.25) is 0 Å². The molecule has 1 aromatic rings. The lowest BCUT2D eigenvalue weighted by atomic mass is 10.2. The van der Waals surface area contributed by atoms with Crippen LogP contribution in [-0.4, -0.2) is 39.5 Å². The molecule has 2 rings (SSSR count). The minimum atomic E-state index is -3.27. The smallest absolute Gasteiger partial charge is 0.250 e. The van der Waals surface area contributed by atoms with Crippen LogP contribution in [0.1, 0.15) is 44.9 Å². The Kier molecular flexibility index (Phi) is 7.16. The Morgan fingerprint density at radius 1 is 1.10 bits per heavy atom. The number of thiophene rings is 1. The molecule has 4 nitrogen and oxygen atoms in total. The van der Waals surface area contributed by atoms with Crippen molar-refractivity contribution in [2.75, 3.05) is 26.2 Å². The number of unbranched alkanes of at least 4 members (excludes halogenated alkanes) is 2. The lowest BCUT2D eigenvalue weighted by Gasteiger charge is -2.19. The third-order valence-corrected chi connectivity index (χ3v) is 6.76. The van der Waals surface area contributed by atoms with E-state index in [9.17, 15) is 8.42 Å². The first kappa shape index (κ1) is 16.9. The number of nitrogens with one attached hydrogen (secondary N) is 1. The topological polar surface area (TPSA) is 49.4 Å². The van der Waals surface area contributed by atoms with Gasteiger partial charge >= 0.3 is 0 Å². The lowest BCUT2D eigenvalue weighted by molar-refractivity contribution is 0.278. The van der Waals surface area contributed by atoms with Crippen LogP contribution in [0, 0.1) is 0 Å². The van der Waals surface area contributed by atoms with Crippen molar-refractivity contribution in [2.45, 2.75) is 49.2 Å². The van der Waals surface area contributed by atoms with E-state index < -0.39 is 10.0 Å². The first-order valence-electron chi connectivity index (χ1n) is 7.94. The Bertz CT molecular complexity index is 478. The standard InChI is InChI=1S/C15H26N2O2S2/c18-21(19,15-9-8-14-20-15)16-10-4-3-7-13-17-11-5-1-2-6-12-17/h8-9,14,16H,1-7,10-13H2. The maximum atomic E-state index is 11.9. The third-order valence-electron chi connectivity index (χ3n) is 3.90. The molecule has 0 radical (unpaired) electrons. The van der Waals surface area contributed by atoms with Gasteiger partial charge in [0.25, 0.3) is 0 Å². The van der Waals surface area contributed by atoms with Crippen molar-refractivity contribution in [3.8, 4) is 0 Å². The fourth-order valence-electron chi connectivity index (χ4n) is 2.69. The molecule has 0 bridgehead atoms. The first-order valence-corrected chi connectivity index (χ1v) is 10.3. The number of hydrogen-bond donors (Lipinski definition) is 1. The minimum absolute atomic E-state index is 0.409. The number of hydrogen-bond acceptors (Lipinski definition) is 4. The van der Waals surface area contributed by atoms with Crippen molar-refractivity contribution in [3.05, 3.63) is 17.5 Å². The van der Waals surface area contributed by atoms with Crippen LogP contribution in [0.3, 0.4) is 0 Å². The van der Waals surface area contributed by atoms with E-state index in [2.05, 4.69) is 9.62 Å². The molecule has 6 heteroatoms. The van der Waals surface area contributed by atoms with E-state index in [0.717, 1.165) is 19.4 Å². The summed E-state index contributed by atoms with van der Waals surface area (Å²) in [6.45, 7) is 4.19. The van der Waals surface area contributed by atoms with Crippen LogP contribution in [0.4, 0.5) is 0 Å². The second-order valence-corrected chi connectivity index (χ2v) is 8.59. The van der Waals surface area contributed by atoms with Crippen LogP contribution in [0.25, 0.3) is 0 Å². The SMILES string of the molecule is O=S(=O)(NCCCCCN1CCCCCC1)c1cccs1. The second-order valence-electron chi connectivity index (χ2n) is 5.65. The van der Waals surface area contributed by atoms with Gasteiger partial charge in [-0.25, -0.2) is 13.1 Å². The van der Waals surface area contributed by atoms with Gasteiger partial charge in [0.2, 0.25) is 10.0 Å². The van der Waals surface area contributed by atoms with E-state index in [1.807, 2.05) is 0 Å². The monoisotopic (exact) mass is 330 g/mol. The highest BCUT2D eigenvalue weighted by molar-refractivity contribution is 7.91. The van der Waals surface area contributed by atoms with Gasteiger partial charge in [0.15, 0.2) is 0 Å². The highest BCUT2D eigenvalue weighted by Gasteiger charge is 2.13. The van der Waals surface area contributed by atoms with E-state index >= 15 is 0 Å². The van der Waals surface area contributed by atoms with Gasteiger partial charge in [-0.05, 0) is 56.8 Å². The van der Waals surface area contributed by atoms with Crippen LogP contribution in [-0.2, 0) is 10.0 Å². The Morgan fingerprint density at radius 3 is 2.52 bits per heavy atom. The van der Waals surface area contributed by atoms with Crippen LogP contribution in [0.15, 0.2) is 21.7 Å². The molecule has 1 N–H and O–H groups in total. The molecule has 1 aliphatic rings. The molecule has 0 amide bonds. The van der Waals surface area contributed by atoms with Crippen molar-refractivity contribution in [2.24, 2.45) is 0 Å². The van der Waals surface area contributed by atoms with Crippen LogP contribution >= 0.6 is 11.3 Å². The highest BCUT2D eigenvalue weighted by Crippen LogP contribution is 2.15. The molecular formula is C15H26N2O2S2. The van der Waals surface area contributed by atoms with E-state index in [1.165, 1.54) is 56.5 Å². The average Bonchev–Trinajstić information content (AvgIpc) is 2.89. The molecule has 1 aliphatic heterocycles. The van der Waals surface area contributed by atoms with Crippen molar-refractivity contribution in [1.29, 1.82) is 0 Å². The van der Waals surface area contributed by atoms with Gasteiger partial charge in [0.1, 0.15) is 4.21 Å². The van der Waals surface area contributed by atoms with Crippen LogP contribution < -0.4 is 4.72 Å². The number of nitrogens with zero attached hydrogens (tertiary/aromatic N) is 1. The van der Waals surface area contributed by atoms with E-state index in [-0.39, 0.29) is 0 Å². The number of sulfonamides is 1. The predicted molar refractivity (Wildman–Crippen MR) is 88.3 cm³/mol. The molecule has 0 saturated carbocycles. The maximum Gasteiger partial charge on any atom is 0.250 e. The molecule has 0 unspecified atom stereocenters. The molecule has 2 heterocycles. The predicted octanol–water partition coefficient (Wildman–Crippen LogP) is 3.07. The molecule has 21 heavy (non-hydrogen) atoms. The normalized spacial score (nSPS) is 17.7. The van der Waals surface area contributed by atoms with Gasteiger partial charge in [-0.15, -0.1) is 11.3 Å². The zero-order valence-electron chi connectivity index (χ0n) is 12.6. The maximum absolute atomic E-state index is 11.9. The van der Waals surface area contributed by atoms with Crippen molar-refractivity contribution < 1.29 is 8.42 Å². The zero-order chi connectivity index (χ0) is 15.0. The molecule has 0 aliphatic carbocycles. The fourth-order valence-corrected chi connectivity index (χ4v) is 4.80. The van der Waals surface area contributed by atoms with Crippen molar-refractivity contribution in [3.63, 3.8) is 0 Å². The Morgan fingerprint density at radius 2 is 1.86 bits per heavy atom. The molecular weight excluding hydrogens is 304 g/mol. The van der Waals surface area contributed by atoms with E-state index in [4.69, 9.17) is 0 Å². The van der Waals surface area contributed by atoms with Crippen molar-refractivity contribution >= 4 is 21.4 Å². The first-order chi connectivity index (χ1) is 10.2. The number of rotatable bonds is 8. The van der Waals surface area contributed by atoms with Gasteiger partial charge < -0.3 is 4.90 Å². The summed E-state index contributed by atoms with van der Waals surface area (Å²) in [5, 5.41) is 1.79. The average molecular weight is 331 g/mol. The summed E-state index contributed by atoms with van der Waals surface area (Å²) >= 11 is 1.26. The molecule has 1 aromatic heterocycles. The van der Waals surface area contributed by atoms with Crippen LogP contribution in [0.2, 0.25) is 0 Å². The largest absolute Gasteiger partial charge is 0.303 e. The van der Waals surface area contributed by atoms with Gasteiger partial charge in [-0.1, -0.05) is 25.3 Å². The third kappa shape index (κ3) is 6.06. The lowest BCUT2D eigenvalue weighted by Crippen LogP contribution is -2.26. The van der Waals surface area contributed by atoms with Gasteiger partial charge in [-0.2, -0.15) is 0 Å². The quantitative estimate of drug-likeness (QED) is 0.745. The second kappa shape index (κ2) is 8.88. The van der Waals surface area contributed by atoms with Crippen molar-refractivity contribution in [1.82, 2.24) is 9.62 Å². The summed E-state index contributed by atoms with van der Waals surface area (Å²) in [5.74, 6) is 0. The Labute approximate surface area is 132 Å². The molecule has 0 spiro atoms. The molecule has 1 fully saturated rings. The summed E-state index contributed by atoms with van der Waals surface area (Å²) < 4.78 is 26.9. The minimum Gasteiger partial charge on any atom is -0.303 e. The molecule has 1 saturated heterocycles. The van der Waals surface area contributed by atoms with Crippen LogP contribution in [0.5, 0.6) is 0 Å². The zero-order valence-corrected chi connectivity index (χ0v) is 14.2. The summed E-state index contributed by atoms with van der Waals surface area (Å²) in [7, 11) is -3.27.